The minimum absolute atomic E-state index is 0.0187. The second-order valence-corrected chi connectivity index (χ2v) is 7.25. The summed E-state index contributed by atoms with van der Waals surface area (Å²) in [6.45, 7) is 2.79. The van der Waals surface area contributed by atoms with Crippen molar-refractivity contribution in [3.05, 3.63) is 62.0 Å². The first kappa shape index (κ1) is 17.1. The third kappa shape index (κ3) is 4.62. The van der Waals surface area contributed by atoms with Gasteiger partial charge in [-0.15, -0.1) is 0 Å². The SMILES string of the molecule is CCCOc1ccc(C(Br)c2cc(Cl)cc(Cl)c2)cc1Br. The zero-order valence-corrected chi connectivity index (χ0v) is 16.1. The Kier molecular flexibility index (Phi) is 6.42. The maximum atomic E-state index is 6.06. The molecule has 0 spiro atoms. The zero-order valence-electron chi connectivity index (χ0n) is 11.4. The lowest BCUT2D eigenvalue weighted by molar-refractivity contribution is 0.315. The van der Waals surface area contributed by atoms with E-state index in [4.69, 9.17) is 27.9 Å². The lowest BCUT2D eigenvalue weighted by atomic mass is 10.0. The molecule has 2 aromatic rings. The molecule has 2 rings (SSSR count). The van der Waals surface area contributed by atoms with Crippen LogP contribution in [0.15, 0.2) is 40.9 Å². The van der Waals surface area contributed by atoms with E-state index in [1.165, 1.54) is 0 Å². The van der Waals surface area contributed by atoms with E-state index in [1.54, 1.807) is 6.07 Å². The van der Waals surface area contributed by atoms with Crippen molar-refractivity contribution in [2.75, 3.05) is 6.61 Å². The molecule has 0 fully saturated rings. The van der Waals surface area contributed by atoms with E-state index < -0.39 is 0 Å². The van der Waals surface area contributed by atoms with Crippen molar-refractivity contribution in [3.63, 3.8) is 0 Å². The molecule has 5 heteroatoms. The zero-order chi connectivity index (χ0) is 15.4. The summed E-state index contributed by atoms with van der Waals surface area (Å²) in [6.07, 6.45) is 0.982. The highest BCUT2D eigenvalue weighted by Crippen LogP contribution is 2.37. The molecule has 0 aromatic heterocycles. The van der Waals surface area contributed by atoms with Crippen LogP contribution in [0.1, 0.15) is 29.3 Å². The van der Waals surface area contributed by atoms with Gasteiger partial charge in [0.2, 0.25) is 0 Å². The number of ether oxygens (including phenoxy) is 1. The lowest BCUT2D eigenvalue weighted by Crippen LogP contribution is -1.98. The third-order valence-corrected chi connectivity index (χ3v) is 5.00. The van der Waals surface area contributed by atoms with Crippen LogP contribution in [0.3, 0.4) is 0 Å². The summed E-state index contributed by atoms with van der Waals surface area (Å²) in [5.74, 6) is 0.851. The molecule has 1 nitrogen and oxygen atoms in total. The second-order valence-electron chi connectivity index (χ2n) is 4.60. The van der Waals surface area contributed by atoms with Crippen molar-refractivity contribution in [3.8, 4) is 5.75 Å². The van der Waals surface area contributed by atoms with Gasteiger partial charge in [-0.05, 0) is 63.8 Å². The molecule has 0 bridgehead atoms. The number of halogens is 4. The summed E-state index contributed by atoms with van der Waals surface area (Å²) in [7, 11) is 0. The van der Waals surface area contributed by atoms with Crippen LogP contribution in [0.25, 0.3) is 0 Å². The highest BCUT2D eigenvalue weighted by Gasteiger charge is 2.14. The molecule has 0 saturated heterocycles. The van der Waals surface area contributed by atoms with Gasteiger partial charge in [0.1, 0.15) is 5.75 Å². The van der Waals surface area contributed by atoms with E-state index in [0.29, 0.717) is 16.7 Å². The van der Waals surface area contributed by atoms with Crippen molar-refractivity contribution in [2.45, 2.75) is 18.2 Å². The van der Waals surface area contributed by atoms with Crippen molar-refractivity contribution >= 4 is 55.1 Å². The van der Waals surface area contributed by atoms with Gasteiger partial charge < -0.3 is 4.74 Å². The van der Waals surface area contributed by atoms with Gasteiger partial charge in [-0.2, -0.15) is 0 Å². The monoisotopic (exact) mass is 450 g/mol. The van der Waals surface area contributed by atoms with Gasteiger partial charge >= 0.3 is 0 Å². The molecule has 0 amide bonds. The van der Waals surface area contributed by atoms with E-state index in [-0.39, 0.29) is 4.83 Å². The van der Waals surface area contributed by atoms with E-state index in [9.17, 15) is 0 Å². The van der Waals surface area contributed by atoms with Crippen LogP contribution in [-0.4, -0.2) is 6.61 Å². The van der Waals surface area contributed by atoms with Gasteiger partial charge in [0.15, 0.2) is 0 Å². The van der Waals surface area contributed by atoms with Crippen LogP contribution in [0.4, 0.5) is 0 Å². The fraction of sp³-hybridized carbons (Fsp3) is 0.250. The predicted molar refractivity (Wildman–Crippen MR) is 97.2 cm³/mol. The van der Waals surface area contributed by atoms with Crippen LogP contribution in [0.2, 0.25) is 10.0 Å². The molecule has 0 aliphatic rings. The first-order valence-corrected chi connectivity index (χ1v) is 9.00. The van der Waals surface area contributed by atoms with Gasteiger partial charge in [0.05, 0.1) is 15.9 Å². The molecular weight excluding hydrogens is 439 g/mol. The molecule has 2 aromatic carbocycles. The summed E-state index contributed by atoms with van der Waals surface area (Å²) in [5.41, 5.74) is 2.12. The van der Waals surface area contributed by atoms with Crippen molar-refractivity contribution in [1.29, 1.82) is 0 Å². The van der Waals surface area contributed by atoms with Crippen molar-refractivity contribution in [1.82, 2.24) is 0 Å². The van der Waals surface area contributed by atoms with Gasteiger partial charge in [-0.25, -0.2) is 0 Å². The Morgan fingerprint density at radius 1 is 1.05 bits per heavy atom. The summed E-state index contributed by atoms with van der Waals surface area (Å²) in [6, 6.07) is 11.6. The number of benzene rings is 2. The van der Waals surface area contributed by atoms with Gasteiger partial charge in [-0.1, -0.05) is 52.1 Å². The smallest absolute Gasteiger partial charge is 0.133 e. The Bertz CT molecular complexity index is 611. The van der Waals surface area contributed by atoms with Crippen molar-refractivity contribution in [2.24, 2.45) is 0 Å². The van der Waals surface area contributed by atoms with Crippen LogP contribution in [-0.2, 0) is 0 Å². The topological polar surface area (TPSA) is 9.23 Å². The Morgan fingerprint density at radius 3 is 2.29 bits per heavy atom. The average molecular weight is 453 g/mol. The van der Waals surface area contributed by atoms with Gasteiger partial charge in [-0.3, -0.25) is 0 Å². The quantitative estimate of drug-likeness (QED) is 0.442. The second kappa shape index (κ2) is 7.87. The largest absolute Gasteiger partial charge is 0.492 e. The van der Waals surface area contributed by atoms with E-state index in [2.05, 4.69) is 38.8 Å². The van der Waals surface area contributed by atoms with E-state index in [0.717, 1.165) is 27.8 Å². The number of alkyl halides is 1. The molecule has 0 saturated carbocycles. The Balaban J connectivity index is 2.26. The van der Waals surface area contributed by atoms with Crippen LogP contribution in [0.5, 0.6) is 5.75 Å². The van der Waals surface area contributed by atoms with Crippen LogP contribution >= 0.6 is 55.1 Å². The normalized spacial score (nSPS) is 12.2. The maximum Gasteiger partial charge on any atom is 0.133 e. The molecule has 0 aliphatic heterocycles. The number of hydrogen-bond donors (Lipinski definition) is 0. The third-order valence-electron chi connectivity index (χ3n) is 2.89. The van der Waals surface area contributed by atoms with Gasteiger partial charge in [0.25, 0.3) is 0 Å². The fourth-order valence-corrected chi connectivity index (χ4v) is 3.52. The number of hydrogen-bond acceptors (Lipinski definition) is 1. The molecule has 21 heavy (non-hydrogen) atoms. The predicted octanol–water partition coefficient (Wildman–Crippen LogP) is 7.03. The molecule has 0 N–H and O–H groups in total. The first-order valence-electron chi connectivity index (χ1n) is 6.53. The maximum absolute atomic E-state index is 6.06. The first-order chi connectivity index (χ1) is 10.0. The summed E-state index contributed by atoms with van der Waals surface area (Å²) in [5, 5.41) is 1.26. The Labute approximate surface area is 151 Å². The van der Waals surface area contributed by atoms with Crippen LogP contribution in [0, 0.1) is 0 Å². The molecule has 112 valence electrons. The molecule has 1 atom stereocenters. The molecule has 0 aliphatic carbocycles. The Hall–Kier alpha value is -0.220. The Morgan fingerprint density at radius 2 is 1.71 bits per heavy atom. The molecule has 1 unspecified atom stereocenters. The molecular formula is C16H14Br2Cl2O. The van der Waals surface area contributed by atoms with E-state index >= 15 is 0 Å². The van der Waals surface area contributed by atoms with Crippen LogP contribution < -0.4 is 4.74 Å². The fourth-order valence-electron chi connectivity index (χ4n) is 1.92. The minimum Gasteiger partial charge on any atom is -0.492 e. The number of rotatable bonds is 5. The lowest BCUT2D eigenvalue weighted by Gasteiger charge is -2.14. The highest BCUT2D eigenvalue weighted by atomic mass is 79.9. The summed E-state index contributed by atoms with van der Waals surface area (Å²) in [4.78, 5) is 0.0187. The van der Waals surface area contributed by atoms with Gasteiger partial charge in [0, 0.05) is 10.0 Å². The molecule has 0 heterocycles. The average Bonchev–Trinajstić information content (AvgIpc) is 2.44. The minimum atomic E-state index is 0.0187. The highest BCUT2D eigenvalue weighted by molar-refractivity contribution is 9.10. The summed E-state index contributed by atoms with van der Waals surface area (Å²) < 4.78 is 6.60. The van der Waals surface area contributed by atoms with E-state index in [1.807, 2.05) is 30.3 Å². The van der Waals surface area contributed by atoms with Crippen molar-refractivity contribution < 1.29 is 4.74 Å². The standard InChI is InChI=1S/C16H14Br2Cl2O/c1-2-5-21-15-4-3-10(8-14(15)17)16(18)11-6-12(19)9-13(20)7-11/h3-4,6-9,16H,2,5H2,1H3. The molecule has 0 radical (unpaired) electrons. The summed E-state index contributed by atoms with van der Waals surface area (Å²) >= 11 is 19.4.